The zero-order valence-corrected chi connectivity index (χ0v) is 9.76. The zero-order valence-electron chi connectivity index (χ0n) is 9.76. The van der Waals surface area contributed by atoms with Gasteiger partial charge in [-0.1, -0.05) is 12.1 Å². The van der Waals surface area contributed by atoms with E-state index in [-0.39, 0.29) is 5.41 Å². The van der Waals surface area contributed by atoms with Crippen LogP contribution in [-0.2, 0) is 10.2 Å². The second-order valence-corrected chi connectivity index (χ2v) is 4.73. The normalized spacial score (nSPS) is 18.7. The van der Waals surface area contributed by atoms with E-state index in [0.29, 0.717) is 6.54 Å². The molecule has 1 aliphatic rings. The van der Waals surface area contributed by atoms with Gasteiger partial charge in [0.2, 0.25) is 0 Å². The minimum absolute atomic E-state index is 0.0859. The van der Waals surface area contributed by atoms with Gasteiger partial charge in [-0.3, -0.25) is 0 Å². The van der Waals surface area contributed by atoms with Crippen molar-refractivity contribution < 1.29 is 4.74 Å². The molecule has 1 aliphatic heterocycles. The Morgan fingerprint density at radius 2 is 1.73 bits per heavy atom. The molecule has 2 rings (SSSR count). The molecule has 1 aromatic carbocycles. The molecule has 0 saturated carbocycles. The maximum absolute atomic E-state index is 5.88. The van der Waals surface area contributed by atoms with E-state index < -0.39 is 0 Å². The summed E-state index contributed by atoms with van der Waals surface area (Å²) in [4.78, 5) is 0. The van der Waals surface area contributed by atoms with Gasteiger partial charge < -0.3 is 10.5 Å². The molecule has 1 heterocycles. The van der Waals surface area contributed by atoms with E-state index >= 15 is 0 Å². The van der Waals surface area contributed by atoms with E-state index in [2.05, 4.69) is 32.9 Å². The SMILES string of the molecule is Cc1cc(C)c(C2(CN)COC2)cc1C. The van der Waals surface area contributed by atoms with Gasteiger partial charge in [-0.05, 0) is 43.0 Å². The Hall–Kier alpha value is -0.860. The van der Waals surface area contributed by atoms with Crippen LogP contribution in [0.3, 0.4) is 0 Å². The Bertz CT molecular complexity index is 375. The predicted octanol–water partition coefficient (Wildman–Crippen LogP) is 1.84. The van der Waals surface area contributed by atoms with Crippen molar-refractivity contribution >= 4 is 0 Å². The highest BCUT2D eigenvalue weighted by Gasteiger charge is 2.40. The number of benzene rings is 1. The van der Waals surface area contributed by atoms with Crippen LogP contribution in [0.15, 0.2) is 12.1 Å². The van der Waals surface area contributed by atoms with Crippen LogP contribution in [-0.4, -0.2) is 19.8 Å². The average molecular weight is 205 g/mol. The molecule has 82 valence electrons. The van der Waals surface area contributed by atoms with Gasteiger partial charge in [0, 0.05) is 6.54 Å². The van der Waals surface area contributed by atoms with Crippen molar-refractivity contribution in [3.8, 4) is 0 Å². The molecular weight excluding hydrogens is 186 g/mol. The van der Waals surface area contributed by atoms with Crippen LogP contribution in [0.25, 0.3) is 0 Å². The third-order valence-corrected chi connectivity index (χ3v) is 3.56. The van der Waals surface area contributed by atoms with Crippen molar-refractivity contribution in [3.05, 3.63) is 34.4 Å². The Morgan fingerprint density at radius 3 is 2.20 bits per heavy atom. The summed E-state index contributed by atoms with van der Waals surface area (Å²) in [5.74, 6) is 0. The first-order valence-electron chi connectivity index (χ1n) is 5.45. The van der Waals surface area contributed by atoms with Gasteiger partial charge in [-0.2, -0.15) is 0 Å². The van der Waals surface area contributed by atoms with Gasteiger partial charge >= 0.3 is 0 Å². The van der Waals surface area contributed by atoms with Crippen LogP contribution >= 0.6 is 0 Å². The molecule has 0 atom stereocenters. The van der Waals surface area contributed by atoms with Crippen molar-refractivity contribution in [1.29, 1.82) is 0 Å². The van der Waals surface area contributed by atoms with Crippen LogP contribution in [0.2, 0.25) is 0 Å². The van der Waals surface area contributed by atoms with Gasteiger partial charge in [-0.15, -0.1) is 0 Å². The summed E-state index contributed by atoms with van der Waals surface area (Å²) in [5, 5.41) is 0. The largest absolute Gasteiger partial charge is 0.379 e. The lowest BCUT2D eigenvalue weighted by atomic mass is 9.75. The average Bonchev–Trinajstić information content (AvgIpc) is 2.12. The molecule has 1 fully saturated rings. The summed E-state index contributed by atoms with van der Waals surface area (Å²) in [6.07, 6.45) is 0. The highest BCUT2D eigenvalue weighted by Crippen LogP contribution is 2.34. The number of ether oxygens (including phenoxy) is 1. The van der Waals surface area contributed by atoms with E-state index in [1.54, 1.807) is 0 Å². The van der Waals surface area contributed by atoms with E-state index in [9.17, 15) is 0 Å². The monoisotopic (exact) mass is 205 g/mol. The summed E-state index contributed by atoms with van der Waals surface area (Å²) in [5.41, 5.74) is 11.4. The smallest absolute Gasteiger partial charge is 0.0598 e. The molecule has 1 aromatic rings. The highest BCUT2D eigenvalue weighted by atomic mass is 16.5. The maximum atomic E-state index is 5.88. The molecule has 0 spiro atoms. The zero-order chi connectivity index (χ0) is 11.1. The molecule has 2 N–H and O–H groups in total. The van der Waals surface area contributed by atoms with Crippen molar-refractivity contribution in [2.24, 2.45) is 5.73 Å². The fourth-order valence-corrected chi connectivity index (χ4v) is 2.26. The van der Waals surface area contributed by atoms with Crippen molar-refractivity contribution in [2.75, 3.05) is 19.8 Å². The van der Waals surface area contributed by atoms with Gasteiger partial charge in [-0.25, -0.2) is 0 Å². The lowest BCUT2D eigenvalue weighted by Gasteiger charge is -2.42. The number of nitrogens with two attached hydrogens (primary N) is 1. The molecule has 0 aromatic heterocycles. The summed E-state index contributed by atoms with van der Waals surface area (Å²) in [6.45, 7) is 8.69. The fraction of sp³-hybridized carbons (Fsp3) is 0.538. The van der Waals surface area contributed by atoms with E-state index in [1.165, 1.54) is 22.3 Å². The molecule has 0 aliphatic carbocycles. The van der Waals surface area contributed by atoms with Gasteiger partial charge in [0.1, 0.15) is 0 Å². The Kier molecular flexibility index (Phi) is 2.57. The van der Waals surface area contributed by atoms with E-state index in [1.807, 2.05) is 0 Å². The van der Waals surface area contributed by atoms with Gasteiger partial charge in [0.15, 0.2) is 0 Å². The second-order valence-electron chi connectivity index (χ2n) is 4.73. The van der Waals surface area contributed by atoms with E-state index in [0.717, 1.165) is 13.2 Å². The maximum Gasteiger partial charge on any atom is 0.0598 e. The third kappa shape index (κ3) is 1.58. The Balaban J connectivity index is 2.47. The van der Waals surface area contributed by atoms with Crippen molar-refractivity contribution in [3.63, 3.8) is 0 Å². The molecule has 0 bridgehead atoms. The number of hydrogen-bond acceptors (Lipinski definition) is 2. The molecule has 0 amide bonds. The molecular formula is C13H19NO. The first kappa shape index (κ1) is 10.7. The molecule has 2 nitrogen and oxygen atoms in total. The standard InChI is InChI=1S/C13H19NO/c1-9-4-11(3)12(5-10(9)2)13(6-14)7-15-8-13/h4-5H,6-8,14H2,1-3H3. The number of hydrogen-bond donors (Lipinski definition) is 1. The van der Waals surface area contributed by atoms with Crippen LogP contribution in [0.4, 0.5) is 0 Å². The lowest BCUT2D eigenvalue weighted by molar-refractivity contribution is -0.0553. The number of rotatable bonds is 2. The van der Waals surface area contributed by atoms with Crippen molar-refractivity contribution in [2.45, 2.75) is 26.2 Å². The van der Waals surface area contributed by atoms with Crippen LogP contribution in [0, 0.1) is 20.8 Å². The minimum atomic E-state index is 0.0859. The van der Waals surface area contributed by atoms with Crippen molar-refractivity contribution in [1.82, 2.24) is 0 Å². The Morgan fingerprint density at radius 1 is 1.13 bits per heavy atom. The first-order chi connectivity index (χ1) is 7.09. The lowest BCUT2D eigenvalue weighted by Crippen LogP contribution is -2.52. The molecule has 15 heavy (non-hydrogen) atoms. The predicted molar refractivity (Wildman–Crippen MR) is 62.2 cm³/mol. The topological polar surface area (TPSA) is 35.2 Å². The quantitative estimate of drug-likeness (QED) is 0.799. The molecule has 1 saturated heterocycles. The van der Waals surface area contributed by atoms with Crippen LogP contribution < -0.4 is 5.73 Å². The number of aryl methyl sites for hydroxylation is 3. The van der Waals surface area contributed by atoms with Crippen LogP contribution in [0.5, 0.6) is 0 Å². The summed E-state index contributed by atoms with van der Waals surface area (Å²) in [7, 11) is 0. The van der Waals surface area contributed by atoms with Crippen LogP contribution in [0.1, 0.15) is 22.3 Å². The summed E-state index contributed by atoms with van der Waals surface area (Å²) < 4.78 is 5.33. The molecule has 0 radical (unpaired) electrons. The first-order valence-corrected chi connectivity index (χ1v) is 5.45. The minimum Gasteiger partial charge on any atom is -0.379 e. The third-order valence-electron chi connectivity index (χ3n) is 3.56. The second kappa shape index (κ2) is 3.62. The summed E-state index contributed by atoms with van der Waals surface area (Å²) >= 11 is 0. The molecule has 0 unspecified atom stereocenters. The Labute approximate surface area is 91.4 Å². The van der Waals surface area contributed by atoms with Gasteiger partial charge in [0.25, 0.3) is 0 Å². The highest BCUT2D eigenvalue weighted by molar-refractivity contribution is 5.42. The van der Waals surface area contributed by atoms with E-state index in [4.69, 9.17) is 10.5 Å². The van der Waals surface area contributed by atoms with Gasteiger partial charge in [0.05, 0.1) is 18.6 Å². The summed E-state index contributed by atoms with van der Waals surface area (Å²) in [6, 6.07) is 4.53. The molecule has 2 heteroatoms. The fourth-order valence-electron chi connectivity index (χ4n) is 2.26.